The molecule has 17 heavy (non-hydrogen) atoms. The maximum atomic E-state index is 12.4. The Balaban J connectivity index is 1.97. The monoisotopic (exact) mass is 240 g/mol. The van der Waals surface area contributed by atoms with Crippen molar-refractivity contribution in [2.75, 3.05) is 39.3 Å². The molecular formula is C12H24N4O. The molecule has 0 aromatic rings. The average molecular weight is 240 g/mol. The lowest BCUT2D eigenvalue weighted by atomic mass is 10.0. The first-order valence-electron chi connectivity index (χ1n) is 6.68. The summed E-state index contributed by atoms with van der Waals surface area (Å²) in [6.45, 7) is 7.06. The molecule has 5 nitrogen and oxygen atoms in total. The van der Waals surface area contributed by atoms with Gasteiger partial charge in [-0.2, -0.15) is 0 Å². The highest BCUT2D eigenvalue weighted by molar-refractivity contribution is 5.75. The molecule has 5 heteroatoms. The van der Waals surface area contributed by atoms with Crippen LogP contribution in [-0.2, 0) is 0 Å². The van der Waals surface area contributed by atoms with Crippen LogP contribution in [0.3, 0.4) is 0 Å². The van der Waals surface area contributed by atoms with E-state index in [-0.39, 0.29) is 12.1 Å². The summed E-state index contributed by atoms with van der Waals surface area (Å²) in [6.07, 6.45) is 2.37. The quantitative estimate of drug-likeness (QED) is 0.682. The fourth-order valence-corrected chi connectivity index (χ4v) is 2.77. The molecular weight excluding hydrogens is 216 g/mol. The number of carbonyl (C=O) groups is 1. The molecule has 2 aliphatic rings. The minimum absolute atomic E-state index is 0.161. The summed E-state index contributed by atoms with van der Waals surface area (Å²) in [6, 6.07) is 0.349. The smallest absolute Gasteiger partial charge is 0.320 e. The summed E-state index contributed by atoms with van der Waals surface area (Å²) in [4.78, 5) is 16.4. The van der Waals surface area contributed by atoms with E-state index in [1.807, 2.05) is 9.80 Å². The minimum atomic E-state index is 0.161. The van der Waals surface area contributed by atoms with Crippen LogP contribution < -0.4 is 11.1 Å². The van der Waals surface area contributed by atoms with E-state index in [4.69, 9.17) is 5.73 Å². The molecule has 2 amide bonds. The van der Waals surface area contributed by atoms with Gasteiger partial charge in [0.15, 0.2) is 0 Å². The van der Waals surface area contributed by atoms with Crippen molar-refractivity contribution in [2.45, 2.75) is 25.8 Å². The molecule has 98 valence electrons. The van der Waals surface area contributed by atoms with Crippen molar-refractivity contribution < 1.29 is 4.79 Å². The predicted molar refractivity (Wildman–Crippen MR) is 67.8 cm³/mol. The van der Waals surface area contributed by atoms with Crippen molar-refractivity contribution in [2.24, 2.45) is 11.7 Å². The van der Waals surface area contributed by atoms with Crippen LogP contribution in [-0.4, -0.2) is 61.1 Å². The van der Waals surface area contributed by atoms with Gasteiger partial charge in [0.2, 0.25) is 0 Å². The van der Waals surface area contributed by atoms with Crippen LogP contribution in [0, 0.1) is 5.92 Å². The van der Waals surface area contributed by atoms with Crippen molar-refractivity contribution in [3.63, 3.8) is 0 Å². The molecule has 0 bridgehead atoms. The summed E-state index contributed by atoms with van der Waals surface area (Å²) in [5, 5.41) is 3.29. The lowest BCUT2D eigenvalue weighted by Gasteiger charge is -2.41. The number of hydrogen-bond donors (Lipinski definition) is 2. The molecule has 2 saturated heterocycles. The summed E-state index contributed by atoms with van der Waals surface area (Å²) in [7, 11) is 0. The number of urea groups is 1. The molecule has 2 unspecified atom stereocenters. The zero-order valence-electron chi connectivity index (χ0n) is 10.7. The zero-order valence-corrected chi connectivity index (χ0v) is 10.7. The van der Waals surface area contributed by atoms with E-state index in [0.717, 1.165) is 39.1 Å². The fraction of sp³-hybridized carbons (Fsp3) is 0.917. The number of piperazine rings is 1. The van der Waals surface area contributed by atoms with Crippen molar-refractivity contribution in [1.29, 1.82) is 0 Å². The number of amides is 2. The Kier molecular flexibility index (Phi) is 4.23. The molecule has 0 aliphatic carbocycles. The largest absolute Gasteiger partial charge is 0.328 e. The molecule has 2 rings (SSSR count). The number of hydrogen-bond acceptors (Lipinski definition) is 3. The van der Waals surface area contributed by atoms with Gasteiger partial charge >= 0.3 is 6.03 Å². The Morgan fingerprint density at radius 3 is 3.00 bits per heavy atom. The first-order chi connectivity index (χ1) is 8.22. The van der Waals surface area contributed by atoms with E-state index in [0.29, 0.717) is 12.5 Å². The van der Waals surface area contributed by atoms with Crippen LogP contribution >= 0.6 is 0 Å². The van der Waals surface area contributed by atoms with Gasteiger partial charge in [-0.15, -0.1) is 0 Å². The van der Waals surface area contributed by atoms with E-state index < -0.39 is 0 Å². The molecule has 2 atom stereocenters. The standard InChI is InChI=1S/C12H24N4O/c1-10-3-2-5-15(9-10)12(17)16-6-4-14-8-11(16)7-13/h10-11,14H,2-9,13H2,1H3. The van der Waals surface area contributed by atoms with Crippen molar-refractivity contribution in [1.82, 2.24) is 15.1 Å². The number of nitrogens with two attached hydrogens (primary N) is 1. The Morgan fingerprint density at radius 2 is 2.29 bits per heavy atom. The van der Waals surface area contributed by atoms with Crippen LogP contribution in [0.4, 0.5) is 4.79 Å². The van der Waals surface area contributed by atoms with E-state index in [1.165, 1.54) is 6.42 Å². The van der Waals surface area contributed by atoms with E-state index in [1.54, 1.807) is 0 Å². The second kappa shape index (κ2) is 5.69. The first kappa shape index (κ1) is 12.6. The van der Waals surface area contributed by atoms with Crippen LogP contribution in [0.1, 0.15) is 19.8 Å². The minimum Gasteiger partial charge on any atom is -0.328 e. The lowest BCUT2D eigenvalue weighted by molar-refractivity contribution is 0.107. The molecule has 2 heterocycles. The van der Waals surface area contributed by atoms with Gasteiger partial charge in [-0.05, 0) is 18.8 Å². The second-order valence-corrected chi connectivity index (χ2v) is 5.26. The van der Waals surface area contributed by atoms with Gasteiger partial charge in [0.05, 0.1) is 6.04 Å². The normalized spacial score (nSPS) is 30.5. The molecule has 0 aromatic carbocycles. The maximum Gasteiger partial charge on any atom is 0.320 e. The van der Waals surface area contributed by atoms with Gasteiger partial charge < -0.3 is 20.9 Å². The number of piperidine rings is 1. The second-order valence-electron chi connectivity index (χ2n) is 5.26. The van der Waals surface area contributed by atoms with Gasteiger partial charge in [-0.1, -0.05) is 6.92 Å². The number of nitrogens with zero attached hydrogens (tertiary/aromatic N) is 2. The van der Waals surface area contributed by atoms with E-state index in [9.17, 15) is 4.79 Å². The van der Waals surface area contributed by atoms with E-state index in [2.05, 4.69) is 12.2 Å². The molecule has 2 fully saturated rings. The Morgan fingerprint density at radius 1 is 1.47 bits per heavy atom. The van der Waals surface area contributed by atoms with Crippen LogP contribution in [0.25, 0.3) is 0 Å². The lowest BCUT2D eigenvalue weighted by Crippen LogP contribution is -2.60. The summed E-state index contributed by atoms with van der Waals surface area (Å²) >= 11 is 0. The Bertz CT molecular complexity index is 271. The number of carbonyl (C=O) groups excluding carboxylic acids is 1. The van der Waals surface area contributed by atoms with E-state index >= 15 is 0 Å². The van der Waals surface area contributed by atoms with Gasteiger partial charge in [0, 0.05) is 39.3 Å². The number of nitrogens with one attached hydrogen (secondary N) is 1. The highest BCUT2D eigenvalue weighted by Gasteiger charge is 2.30. The molecule has 0 saturated carbocycles. The Labute approximate surface area is 103 Å². The molecule has 2 aliphatic heterocycles. The van der Waals surface area contributed by atoms with Gasteiger partial charge in [0.25, 0.3) is 0 Å². The van der Waals surface area contributed by atoms with Crippen LogP contribution in [0.2, 0.25) is 0 Å². The third-order valence-electron chi connectivity index (χ3n) is 3.80. The third-order valence-corrected chi connectivity index (χ3v) is 3.80. The van der Waals surface area contributed by atoms with Gasteiger partial charge in [-0.25, -0.2) is 4.79 Å². The summed E-state index contributed by atoms with van der Waals surface area (Å²) in [5.41, 5.74) is 5.74. The van der Waals surface area contributed by atoms with Crippen LogP contribution in [0.15, 0.2) is 0 Å². The third kappa shape index (κ3) is 2.90. The highest BCUT2D eigenvalue weighted by atomic mass is 16.2. The Hall–Kier alpha value is -0.810. The predicted octanol–water partition coefficient (Wildman–Crippen LogP) is 0.0708. The molecule has 0 radical (unpaired) electrons. The highest BCUT2D eigenvalue weighted by Crippen LogP contribution is 2.18. The van der Waals surface area contributed by atoms with Crippen molar-refractivity contribution in [3.8, 4) is 0 Å². The SMILES string of the molecule is CC1CCCN(C(=O)N2CCNCC2CN)C1. The maximum absolute atomic E-state index is 12.4. The van der Waals surface area contributed by atoms with Crippen molar-refractivity contribution in [3.05, 3.63) is 0 Å². The number of likely N-dealkylation sites (tertiary alicyclic amines) is 1. The van der Waals surface area contributed by atoms with Crippen molar-refractivity contribution >= 4 is 6.03 Å². The number of rotatable bonds is 1. The molecule has 0 aromatic heterocycles. The van der Waals surface area contributed by atoms with Crippen LogP contribution in [0.5, 0.6) is 0 Å². The molecule has 0 spiro atoms. The van der Waals surface area contributed by atoms with Gasteiger partial charge in [0.1, 0.15) is 0 Å². The molecule has 3 N–H and O–H groups in total. The average Bonchev–Trinajstić information content (AvgIpc) is 2.38. The fourth-order valence-electron chi connectivity index (χ4n) is 2.77. The first-order valence-corrected chi connectivity index (χ1v) is 6.68. The summed E-state index contributed by atoms with van der Waals surface area (Å²) < 4.78 is 0. The zero-order chi connectivity index (χ0) is 12.3. The summed E-state index contributed by atoms with van der Waals surface area (Å²) in [5.74, 6) is 0.631. The topological polar surface area (TPSA) is 61.6 Å². The van der Waals surface area contributed by atoms with Gasteiger partial charge in [-0.3, -0.25) is 0 Å².